The van der Waals surface area contributed by atoms with Crippen LogP contribution in [0, 0.1) is 18.6 Å². The molecule has 2 rings (SSSR count). The Labute approximate surface area is 131 Å². The predicted molar refractivity (Wildman–Crippen MR) is 82.7 cm³/mol. The Morgan fingerprint density at radius 2 is 1.90 bits per heavy atom. The fourth-order valence-corrected chi connectivity index (χ4v) is 2.65. The molecule has 0 spiro atoms. The second-order valence-corrected chi connectivity index (χ2v) is 5.56. The van der Waals surface area contributed by atoms with Gasteiger partial charge >= 0.3 is 0 Å². The van der Waals surface area contributed by atoms with E-state index in [1.165, 1.54) is 12.1 Å². The molecule has 0 bridgehead atoms. The van der Waals surface area contributed by atoms with Crippen molar-refractivity contribution in [1.82, 2.24) is 5.32 Å². The summed E-state index contributed by atoms with van der Waals surface area (Å²) in [7, 11) is 3.23. The molecule has 0 aromatic heterocycles. The minimum Gasteiger partial charge on any atom is -0.496 e. The number of nitrogens with one attached hydrogen (secondary N) is 1. The summed E-state index contributed by atoms with van der Waals surface area (Å²) < 4.78 is 33.9. The van der Waals surface area contributed by atoms with Crippen LogP contribution in [0.25, 0.3) is 0 Å². The van der Waals surface area contributed by atoms with Gasteiger partial charge in [-0.3, -0.25) is 0 Å². The number of hydrogen-bond donors (Lipinski definition) is 1. The summed E-state index contributed by atoms with van der Waals surface area (Å²) in [6, 6.07) is 7.49. The van der Waals surface area contributed by atoms with Gasteiger partial charge in [0.2, 0.25) is 0 Å². The normalized spacial score (nSPS) is 12.3. The number of ether oxygens (including phenoxy) is 1. The topological polar surface area (TPSA) is 21.3 Å². The van der Waals surface area contributed by atoms with Crippen LogP contribution in [-0.4, -0.2) is 14.2 Å². The smallest absolute Gasteiger partial charge is 0.145 e. The second kappa shape index (κ2) is 6.54. The molecule has 0 fully saturated rings. The van der Waals surface area contributed by atoms with E-state index in [-0.39, 0.29) is 10.0 Å². The molecule has 1 N–H and O–H groups in total. The van der Waals surface area contributed by atoms with E-state index in [9.17, 15) is 8.78 Å². The molecule has 112 valence electrons. The maximum atomic E-state index is 14.3. The lowest BCUT2D eigenvalue weighted by Crippen LogP contribution is -2.20. The van der Waals surface area contributed by atoms with Gasteiger partial charge in [0, 0.05) is 5.56 Å². The van der Waals surface area contributed by atoms with Crippen LogP contribution in [0.2, 0.25) is 0 Å². The molecule has 5 heteroatoms. The van der Waals surface area contributed by atoms with Crippen LogP contribution < -0.4 is 10.1 Å². The van der Waals surface area contributed by atoms with Crippen molar-refractivity contribution in [3.63, 3.8) is 0 Å². The zero-order valence-corrected chi connectivity index (χ0v) is 13.6. The average Bonchev–Trinajstić information content (AvgIpc) is 2.48. The third kappa shape index (κ3) is 3.09. The maximum Gasteiger partial charge on any atom is 0.145 e. The van der Waals surface area contributed by atoms with E-state index >= 15 is 0 Å². The molecule has 0 saturated carbocycles. The first-order chi connectivity index (χ1) is 9.99. The highest BCUT2D eigenvalue weighted by molar-refractivity contribution is 9.10. The summed E-state index contributed by atoms with van der Waals surface area (Å²) in [5.74, 6) is -0.507. The Morgan fingerprint density at radius 3 is 2.52 bits per heavy atom. The van der Waals surface area contributed by atoms with Gasteiger partial charge in [0.15, 0.2) is 0 Å². The van der Waals surface area contributed by atoms with Crippen molar-refractivity contribution in [2.45, 2.75) is 13.0 Å². The molecule has 21 heavy (non-hydrogen) atoms. The summed E-state index contributed by atoms with van der Waals surface area (Å²) in [6.45, 7) is 1.91. The summed E-state index contributed by atoms with van der Waals surface area (Å²) in [5.41, 5.74) is 1.68. The first-order valence-electron chi connectivity index (χ1n) is 6.44. The van der Waals surface area contributed by atoms with Crippen LogP contribution in [0.3, 0.4) is 0 Å². The number of halogens is 3. The summed E-state index contributed by atoms with van der Waals surface area (Å²) in [6.07, 6.45) is 0. The molecule has 2 aromatic rings. The fourth-order valence-electron chi connectivity index (χ4n) is 2.30. The van der Waals surface area contributed by atoms with E-state index in [2.05, 4.69) is 21.2 Å². The molecule has 0 aliphatic carbocycles. The van der Waals surface area contributed by atoms with Gasteiger partial charge < -0.3 is 10.1 Å². The second-order valence-electron chi connectivity index (χ2n) is 4.71. The largest absolute Gasteiger partial charge is 0.496 e. The third-order valence-electron chi connectivity index (χ3n) is 3.42. The third-order valence-corrected chi connectivity index (χ3v) is 4.03. The standard InChI is InChI=1S/C16H16BrF2NO/c1-9-4-5-10(8-13(9)21-3)16(20-2)14-12(18)7-6-11(17)15(14)19/h4-8,16,20H,1-3H3. The number of hydrogen-bond acceptors (Lipinski definition) is 2. The Hall–Kier alpha value is -1.46. The number of benzene rings is 2. The number of aryl methyl sites for hydroxylation is 1. The molecule has 0 aliphatic heterocycles. The van der Waals surface area contributed by atoms with Crippen LogP contribution in [0.15, 0.2) is 34.8 Å². The Bertz CT molecular complexity index is 661. The lowest BCUT2D eigenvalue weighted by molar-refractivity contribution is 0.410. The van der Waals surface area contributed by atoms with E-state index in [0.717, 1.165) is 11.1 Å². The minimum absolute atomic E-state index is 0.0159. The van der Waals surface area contributed by atoms with Crippen molar-refractivity contribution >= 4 is 15.9 Å². The lowest BCUT2D eigenvalue weighted by atomic mass is 9.96. The fraction of sp³-hybridized carbons (Fsp3) is 0.250. The van der Waals surface area contributed by atoms with Crippen molar-refractivity contribution in [3.8, 4) is 5.75 Å². The Kier molecular flexibility index (Phi) is 4.96. The molecule has 1 unspecified atom stereocenters. The molecule has 2 aromatic carbocycles. The summed E-state index contributed by atoms with van der Waals surface area (Å²) in [4.78, 5) is 0. The average molecular weight is 356 g/mol. The maximum absolute atomic E-state index is 14.3. The van der Waals surface area contributed by atoms with Crippen molar-refractivity contribution in [2.75, 3.05) is 14.2 Å². The summed E-state index contributed by atoms with van der Waals surface area (Å²) >= 11 is 3.10. The number of methoxy groups -OCH3 is 1. The first-order valence-corrected chi connectivity index (χ1v) is 7.24. The summed E-state index contributed by atoms with van der Waals surface area (Å²) in [5, 5.41) is 2.96. The minimum atomic E-state index is -0.603. The van der Waals surface area contributed by atoms with Gasteiger partial charge in [-0.25, -0.2) is 8.78 Å². The lowest BCUT2D eigenvalue weighted by Gasteiger charge is -2.20. The zero-order valence-electron chi connectivity index (χ0n) is 12.0. The highest BCUT2D eigenvalue weighted by Crippen LogP contribution is 2.32. The highest BCUT2D eigenvalue weighted by Gasteiger charge is 2.23. The van der Waals surface area contributed by atoms with Crippen LogP contribution in [-0.2, 0) is 0 Å². The van der Waals surface area contributed by atoms with E-state index in [4.69, 9.17) is 4.74 Å². The molecular formula is C16H16BrF2NO. The van der Waals surface area contributed by atoms with Gasteiger partial charge in [-0.05, 0) is 59.2 Å². The van der Waals surface area contributed by atoms with E-state index in [1.54, 1.807) is 20.2 Å². The van der Waals surface area contributed by atoms with Crippen LogP contribution in [0.4, 0.5) is 8.78 Å². The van der Waals surface area contributed by atoms with E-state index in [0.29, 0.717) is 5.75 Å². The van der Waals surface area contributed by atoms with Crippen molar-refractivity contribution in [3.05, 3.63) is 63.1 Å². The molecule has 0 heterocycles. The van der Waals surface area contributed by atoms with E-state index in [1.807, 2.05) is 19.1 Å². The molecule has 0 amide bonds. The molecule has 0 aliphatic rings. The Morgan fingerprint density at radius 1 is 1.19 bits per heavy atom. The first kappa shape index (κ1) is 15.9. The van der Waals surface area contributed by atoms with E-state index < -0.39 is 17.7 Å². The van der Waals surface area contributed by atoms with Crippen LogP contribution in [0.5, 0.6) is 5.75 Å². The molecule has 2 nitrogen and oxygen atoms in total. The van der Waals surface area contributed by atoms with Crippen molar-refractivity contribution < 1.29 is 13.5 Å². The van der Waals surface area contributed by atoms with Gasteiger partial charge in [-0.15, -0.1) is 0 Å². The zero-order chi connectivity index (χ0) is 15.6. The Balaban J connectivity index is 2.57. The van der Waals surface area contributed by atoms with Gasteiger partial charge in [0.1, 0.15) is 17.4 Å². The van der Waals surface area contributed by atoms with Crippen LogP contribution in [0.1, 0.15) is 22.7 Å². The van der Waals surface area contributed by atoms with Gasteiger partial charge in [-0.1, -0.05) is 12.1 Å². The monoisotopic (exact) mass is 355 g/mol. The number of rotatable bonds is 4. The SMILES string of the molecule is CNC(c1ccc(C)c(OC)c1)c1c(F)ccc(Br)c1F. The van der Waals surface area contributed by atoms with Crippen molar-refractivity contribution in [1.29, 1.82) is 0 Å². The molecule has 0 radical (unpaired) electrons. The predicted octanol–water partition coefficient (Wildman–Crippen LogP) is 4.35. The van der Waals surface area contributed by atoms with Crippen LogP contribution >= 0.6 is 15.9 Å². The molecule has 0 saturated heterocycles. The molecular weight excluding hydrogens is 340 g/mol. The van der Waals surface area contributed by atoms with Gasteiger partial charge in [0.25, 0.3) is 0 Å². The van der Waals surface area contributed by atoms with Gasteiger partial charge in [0.05, 0.1) is 17.6 Å². The highest BCUT2D eigenvalue weighted by atomic mass is 79.9. The quantitative estimate of drug-likeness (QED) is 0.823. The van der Waals surface area contributed by atoms with Gasteiger partial charge in [-0.2, -0.15) is 0 Å². The molecule has 1 atom stereocenters. The van der Waals surface area contributed by atoms with Crippen molar-refractivity contribution in [2.24, 2.45) is 0 Å².